The Morgan fingerprint density at radius 2 is 2.07 bits per heavy atom. The standard InChI is InChI=1S/C10H18N2O3/c1-4-8(2)7-11-10(15)12(3)6-5-9(13)14/h2,4-7H2,1,3H3,(H,11,15)(H,13,14). The molecule has 0 atom stereocenters. The van der Waals surface area contributed by atoms with Crippen molar-refractivity contribution < 1.29 is 14.7 Å². The lowest BCUT2D eigenvalue weighted by Gasteiger charge is -2.17. The molecule has 15 heavy (non-hydrogen) atoms. The molecule has 0 saturated carbocycles. The zero-order chi connectivity index (χ0) is 11.8. The van der Waals surface area contributed by atoms with Crippen LogP contribution in [0.1, 0.15) is 19.8 Å². The van der Waals surface area contributed by atoms with Gasteiger partial charge >= 0.3 is 12.0 Å². The molecule has 0 aliphatic heterocycles. The van der Waals surface area contributed by atoms with E-state index < -0.39 is 5.97 Å². The number of urea groups is 1. The van der Waals surface area contributed by atoms with Crippen LogP contribution in [-0.2, 0) is 4.79 Å². The summed E-state index contributed by atoms with van der Waals surface area (Å²) in [5.74, 6) is -0.910. The predicted molar refractivity (Wildman–Crippen MR) is 57.7 cm³/mol. The van der Waals surface area contributed by atoms with Gasteiger partial charge in [-0.15, -0.1) is 0 Å². The smallest absolute Gasteiger partial charge is 0.317 e. The van der Waals surface area contributed by atoms with Crippen LogP contribution in [0.3, 0.4) is 0 Å². The monoisotopic (exact) mass is 214 g/mol. The minimum atomic E-state index is -0.910. The number of hydrogen-bond donors (Lipinski definition) is 2. The first-order valence-corrected chi connectivity index (χ1v) is 4.84. The summed E-state index contributed by atoms with van der Waals surface area (Å²) >= 11 is 0. The number of carbonyl (C=O) groups is 2. The normalized spacial score (nSPS) is 9.47. The van der Waals surface area contributed by atoms with Crippen molar-refractivity contribution in [2.75, 3.05) is 20.1 Å². The molecule has 5 nitrogen and oxygen atoms in total. The van der Waals surface area contributed by atoms with E-state index in [-0.39, 0.29) is 19.0 Å². The summed E-state index contributed by atoms with van der Waals surface area (Å²) in [4.78, 5) is 23.0. The third-order valence-electron chi connectivity index (χ3n) is 2.00. The molecule has 0 unspecified atom stereocenters. The quantitative estimate of drug-likeness (QED) is 0.650. The zero-order valence-corrected chi connectivity index (χ0v) is 9.25. The van der Waals surface area contributed by atoms with Crippen molar-refractivity contribution in [3.8, 4) is 0 Å². The van der Waals surface area contributed by atoms with Crippen LogP contribution in [0, 0.1) is 0 Å². The Labute approximate surface area is 89.8 Å². The summed E-state index contributed by atoms with van der Waals surface area (Å²) in [7, 11) is 1.56. The SMILES string of the molecule is C=C(CC)CNC(=O)N(C)CCC(=O)O. The van der Waals surface area contributed by atoms with Gasteiger partial charge in [-0.2, -0.15) is 0 Å². The Morgan fingerprint density at radius 3 is 2.53 bits per heavy atom. The van der Waals surface area contributed by atoms with E-state index in [1.54, 1.807) is 7.05 Å². The average Bonchev–Trinajstić information content (AvgIpc) is 2.21. The van der Waals surface area contributed by atoms with Gasteiger partial charge < -0.3 is 15.3 Å². The highest BCUT2D eigenvalue weighted by Gasteiger charge is 2.09. The van der Waals surface area contributed by atoms with E-state index in [1.165, 1.54) is 4.90 Å². The van der Waals surface area contributed by atoms with Crippen LogP contribution in [0.5, 0.6) is 0 Å². The molecular weight excluding hydrogens is 196 g/mol. The lowest BCUT2D eigenvalue weighted by molar-refractivity contribution is -0.137. The second kappa shape index (κ2) is 6.86. The van der Waals surface area contributed by atoms with Crippen molar-refractivity contribution in [1.82, 2.24) is 10.2 Å². The first-order chi connectivity index (χ1) is 6.97. The van der Waals surface area contributed by atoms with E-state index >= 15 is 0 Å². The van der Waals surface area contributed by atoms with Crippen LogP contribution < -0.4 is 5.32 Å². The molecule has 0 heterocycles. The summed E-state index contributed by atoms with van der Waals surface area (Å²) in [6, 6.07) is -0.272. The third-order valence-corrected chi connectivity index (χ3v) is 2.00. The van der Waals surface area contributed by atoms with Crippen molar-refractivity contribution >= 4 is 12.0 Å². The zero-order valence-electron chi connectivity index (χ0n) is 9.25. The van der Waals surface area contributed by atoms with Gasteiger partial charge in [-0.25, -0.2) is 4.79 Å². The predicted octanol–water partition coefficient (Wildman–Crippen LogP) is 1.07. The van der Waals surface area contributed by atoms with Gasteiger partial charge in [0.05, 0.1) is 6.42 Å². The molecule has 0 aromatic carbocycles. The number of carbonyl (C=O) groups excluding carboxylic acids is 1. The molecule has 5 heteroatoms. The third kappa shape index (κ3) is 6.54. The molecule has 0 spiro atoms. The van der Waals surface area contributed by atoms with E-state index in [4.69, 9.17) is 5.11 Å². The van der Waals surface area contributed by atoms with Crippen LogP contribution in [0.2, 0.25) is 0 Å². The van der Waals surface area contributed by atoms with Crippen molar-refractivity contribution in [1.29, 1.82) is 0 Å². The topological polar surface area (TPSA) is 69.6 Å². The molecule has 0 bridgehead atoms. The lowest BCUT2D eigenvalue weighted by Crippen LogP contribution is -2.39. The summed E-state index contributed by atoms with van der Waals surface area (Å²) in [6.07, 6.45) is 0.776. The maximum Gasteiger partial charge on any atom is 0.317 e. The molecule has 0 saturated heterocycles. The molecule has 0 aromatic heterocycles. The first-order valence-electron chi connectivity index (χ1n) is 4.84. The summed E-state index contributed by atoms with van der Waals surface area (Å²) < 4.78 is 0. The maximum absolute atomic E-state index is 11.4. The Kier molecular flexibility index (Phi) is 6.17. The largest absolute Gasteiger partial charge is 0.481 e. The van der Waals surface area contributed by atoms with Crippen molar-refractivity contribution in [2.24, 2.45) is 0 Å². The van der Waals surface area contributed by atoms with Gasteiger partial charge in [-0.05, 0) is 6.42 Å². The number of nitrogens with zero attached hydrogens (tertiary/aromatic N) is 1. The number of carboxylic acid groups (broad SMARTS) is 1. The fourth-order valence-electron chi connectivity index (χ4n) is 0.825. The number of rotatable bonds is 6. The van der Waals surface area contributed by atoms with Crippen LogP contribution in [-0.4, -0.2) is 42.1 Å². The minimum Gasteiger partial charge on any atom is -0.481 e. The highest BCUT2D eigenvalue weighted by atomic mass is 16.4. The number of carboxylic acids is 1. The molecule has 0 radical (unpaired) electrons. The molecule has 0 rings (SSSR count). The van der Waals surface area contributed by atoms with E-state index in [2.05, 4.69) is 11.9 Å². The Hall–Kier alpha value is -1.52. The molecule has 0 fully saturated rings. The van der Waals surface area contributed by atoms with Crippen LogP contribution in [0.15, 0.2) is 12.2 Å². The minimum absolute atomic E-state index is 0.0430. The summed E-state index contributed by atoms with van der Waals surface area (Å²) in [6.45, 7) is 6.36. The number of aliphatic carboxylic acids is 1. The molecule has 86 valence electrons. The number of amides is 2. The van der Waals surface area contributed by atoms with Gasteiger partial charge in [-0.1, -0.05) is 19.1 Å². The fourth-order valence-corrected chi connectivity index (χ4v) is 0.825. The van der Waals surface area contributed by atoms with E-state index in [0.29, 0.717) is 6.54 Å². The average molecular weight is 214 g/mol. The molecule has 2 amide bonds. The molecule has 0 aliphatic carbocycles. The first kappa shape index (κ1) is 13.5. The highest BCUT2D eigenvalue weighted by molar-refractivity contribution is 5.75. The van der Waals surface area contributed by atoms with Crippen molar-refractivity contribution in [3.05, 3.63) is 12.2 Å². The summed E-state index contributed by atoms with van der Waals surface area (Å²) in [5.41, 5.74) is 0.940. The second-order valence-electron chi connectivity index (χ2n) is 3.33. The molecular formula is C10H18N2O3. The maximum atomic E-state index is 11.4. The van der Waals surface area contributed by atoms with Gasteiger partial charge in [-0.3, -0.25) is 4.79 Å². The van der Waals surface area contributed by atoms with Gasteiger partial charge in [0, 0.05) is 20.1 Å². The van der Waals surface area contributed by atoms with Crippen molar-refractivity contribution in [3.63, 3.8) is 0 Å². The van der Waals surface area contributed by atoms with Crippen LogP contribution >= 0.6 is 0 Å². The molecule has 2 N–H and O–H groups in total. The number of nitrogens with one attached hydrogen (secondary N) is 1. The van der Waals surface area contributed by atoms with Crippen molar-refractivity contribution in [2.45, 2.75) is 19.8 Å². The molecule has 0 aromatic rings. The van der Waals surface area contributed by atoms with Gasteiger partial charge in [0.1, 0.15) is 0 Å². The highest BCUT2D eigenvalue weighted by Crippen LogP contribution is 1.94. The lowest BCUT2D eigenvalue weighted by atomic mass is 10.2. The van der Waals surface area contributed by atoms with Gasteiger partial charge in [0.15, 0.2) is 0 Å². The Bertz CT molecular complexity index is 251. The second-order valence-corrected chi connectivity index (χ2v) is 3.33. The van der Waals surface area contributed by atoms with E-state index in [1.807, 2.05) is 6.92 Å². The Balaban J connectivity index is 3.79. The fraction of sp³-hybridized carbons (Fsp3) is 0.600. The van der Waals surface area contributed by atoms with Crippen LogP contribution in [0.25, 0.3) is 0 Å². The Morgan fingerprint density at radius 1 is 1.47 bits per heavy atom. The number of hydrogen-bond acceptors (Lipinski definition) is 2. The van der Waals surface area contributed by atoms with E-state index in [9.17, 15) is 9.59 Å². The van der Waals surface area contributed by atoms with E-state index in [0.717, 1.165) is 12.0 Å². The van der Waals surface area contributed by atoms with Gasteiger partial charge in [0.25, 0.3) is 0 Å². The summed E-state index contributed by atoms with van der Waals surface area (Å²) in [5, 5.41) is 11.1. The van der Waals surface area contributed by atoms with Gasteiger partial charge in [0.2, 0.25) is 0 Å². The van der Waals surface area contributed by atoms with Crippen LogP contribution in [0.4, 0.5) is 4.79 Å². The molecule has 0 aliphatic rings.